The molecule has 3 nitrogen and oxygen atoms in total. The van der Waals surface area contributed by atoms with E-state index in [1.54, 1.807) is 6.07 Å². The Morgan fingerprint density at radius 1 is 1.62 bits per heavy atom. The van der Waals surface area contributed by atoms with Crippen molar-refractivity contribution in [3.05, 3.63) is 29.8 Å². The molecule has 0 saturated heterocycles. The lowest BCUT2D eigenvalue weighted by Gasteiger charge is -1.88. The summed E-state index contributed by atoms with van der Waals surface area (Å²) in [4.78, 5) is 13.8. The molecule has 0 bridgehead atoms. The van der Waals surface area contributed by atoms with Crippen LogP contribution in [0.5, 0.6) is 0 Å². The minimum Gasteiger partial charge on any atom is -0.369 e. The summed E-state index contributed by atoms with van der Waals surface area (Å²) in [6, 6.07) is 4.27. The average Bonchev–Trinajstić information content (AvgIpc) is 2.03. The van der Waals surface area contributed by atoms with Crippen molar-refractivity contribution in [2.75, 3.05) is 0 Å². The molecule has 0 fully saturated rings. The molecule has 0 aliphatic heterocycles. The summed E-state index contributed by atoms with van der Waals surface area (Å²) in [5.41, 5.74) is 5.14. The Morgan fingerprint density at radius 3 is 3.00 bits per heavy atom. The van der Waals surface area contributed by atoms with E-state index in [2.05, 4.69) is 16.8 Å². The lowest BCUT2D eigenvalue weighted by atomic mass is 10.3. The van der Waals surface area contributed by atoms with Crippen LogP contribution in [-0.4, -0.2) is 10.9 Å². The van der Waals surface area contributed by atoms with Crippen LogP contribution in [0, 0.1) is 17.8 Å². The zero-order valence-corrected chi connectivity index (χ0v) is 6.75. The second-order valence-electron chi connectivity index (χ2n) is 2.29. The summed E-state index contributed by atoms with van der Waals surface area (Å²) < 4.78 is 12.5. The third-order valence-electron chi connectivity index (χ3n) is 1.19. The molecule has 1 aromatic heterocycles. The molecule has 13 heavy (non-hydrogen) atoms. The second-order valence-corrected chi connectivity index (χ2v) is 2.29. The number of nitrogens with zero attached hydrogens (tertiary/aromatic N) is 1. The van der Waals surface area contributed by atoms with E-state index in [9.17, 15) is 9.18 Å². The predicted molar refractivity (Wildman–Crippen MR) is 44.9 cm³/mol. The lowest BCUT2D eigenvalue weighted by Crippen LogP contribution is -2.08. The van der Waals surface area contributed by atoms with Gasteiger partial charge in [-0.05, 0) is 18.1 Å². The molecular weight excluding hydrogens is 171 g/mol. The van der Waals surface area contributed by atoms with E-state index in [1.165, 1.54) is 12.1 Å². The Morgan fingerprint density at radius 2 is 2.38 bits per heavy atom. The highest BCUT2D eigenvalue weighted by atomic mass is 19.1. The number of carbonyl (C=O) groups is 1. The average molecular weight is 178 g/mol. The molecule has 4 heteroatoms. The smallest absolute Gasteiger partial charge is 0.229 e. The standard InChI is InChI=1S/C9H7FN2O/c10-8-5-1-3-7(12-8)4-2-6-9(11)13/h1,3,5H,6H2,(H2,11,13). The molecule has 2 N–H and O–H groups in total. The van der Waals surface area contributed by atoms with Crippen LogP contribution in [0.2, 0.25) is 0 Å². The Balaban J connectivity index is 2.72. The summed E-state index contributed by atoms with van der Waals surface area (Å²) in [5.74, 6) is 3.89. The molecular formula is C9H7FN2O. The van der Waals surface area contributed by atoms with Crippen molar-refractivity contribution in [3.63, 3.8) is 0 Å². The van der Waals surface area contributed by atoms with Gasteiger partial charge in [-0.2, -0.15) is 4.39 Å². The van der Waals surface area contributed by atoms with Gasteiger partial charge in [-0.25, -0.2) is 4.98 Å². The van der Waals surface area contributed by atoms with Gasteiger partial charge in [0.25, 0.3) is 0 Å². The summed E-state index contributed by atoms with van der Waals surface area (Å²) in [6.45, 7) is 0. The number of aromatic nitrogens is 1. The van der Waals surface area contributed by atoms with Gasteiger partial charge in [-0.3, -0.25) is 4.79 Å². The maximum atomic E-state index is 12.5. The molecule has 0 unspecified atom stereocenters. The summed E-state index contributed by atoms with van der Waals surface area (Å²) in [7, 11) is 0. The Labute approximate surface area is 74.8 Å². The monoisotopic (exact) mass is 178 g/mol. The first-order valence-corrected chi connectivity index (χ1v) is 3.58. The number of hydrogen-bond donors (Lipinski definition) is 1. The Hall–Kier alpha value is -1.89. The fraction of sp³-hybridized carbons (Fsp3) is 0.111. The van der Waals surface area contributed by atoms with Gasteiger partial charge >= 0.3 is 0 Å². The van der Waals surface area contributed by atoms with Crippen molar-refractivity contribution in [2.24, 2.45) is 5.73 Å². The summed E-state index contributed by atoms with van der Waals surface area (Å²) in [5, 5.41) is 0. The highest BCUT2D eigenvalue weighted by Gasteiger charge is 1.91. The van der Waals surface area contributed by atoms with Gasteiger partial charge < -0.3 is 5.73 Å². The van der Waals surface area contributed by atoms with Crippen molar-refractivity contribution in [2.45, 2.75) is 6.42 Å². The van der Waals surface area contributed by atoms with Crippen LogP contribution in [0.15, 0.2) is 18.2 Å². The summed E-state index contributed by atoms with van der Waals surface area (Å²) >= 11 is 0. The largest absolute Gasteiger partial charge is 0.369 e. The Bertz CT molecular complexity index is 379. The number of primary amides is 1. The highest BCUT2D eigenvalue weighted by molar-refractivity contribution is 5.76. The SMILES string of the molecule is NC(=O)CC#Cc1cccc(F)n1. The maximum absolute atomic E-state index is 12.5. The van der Waals surface area contributed by atoms with Crippen molar-refractivity contribution < 1.29 is 9.18 Å². The van der Waals surface area contributed by atoms with Crippen molar-refractivity contribution in [1.82, 2.24) is 4.98 Å². The van der Waals surface area contributed by atoms with Crippen LogP contribution in [-0.2, 0) is 4.79 Å². The minimum atomic E-state index is -0.592. The molecule has 0 atom stereocenters. The van der Waals surface area contributed by atoms with Gasteiger partial charge in [-0.15, -0.1) is 0 Å². The number of nitrogens with two attached hydrogens (primary N) is 1. The van der Waals surface area contributed by atoms with Crippen molar-refractivity contribution in [1.29, 1.82) is 0 Å². The van der Waals surface area contributed by atoms with Gasteiger partial charge in [0.2, 0.25) is 11.9 Å². The first kappa shape index (κ1) is 9.20. The third-order valence-corrected chi connectivity index (χ3v) is 1.19. The Kier molecular flexibility index (Phi) is 2.98. The molecule has 1 rings (SSSR count). The second kappa shape index (κ2) is 4.21. The third kappa shape index (κ3) is 3.34. The van der Waals surface area contributed by atoms with Gasteiger partial charge in [-0.1, -0.05) is 12.0 Å². The van der Waals surface area contributed by atoms with Gasteiger partial charge in [0.1, 0.15) is 5.69 Å². The van der Waals surface area contributed by atoms with Crippen molar-refractivity contribution in [3.8, 4) is 11.8 Å². The van der Waals surface area contributed by atoms with Crippen LogP contribution in [0.3, 0.4) is 0 Å². The van der Waals surface area contributed by atoms with Crippen LogP contribution in [0.4, 0.5) is 4.39 Å². The highest BCUT2D eigenvalue weighted by Crippen LogP contribution is 1.95. The van der Waals surface area contributed by atoms with Crippen LogP contribution >= 0.6 is 0 Å². The molecule has 1 amide bonds. The van der Waals surface area contributed by atoms with Gasteiger partial charge in [0, 0.05) is 0 Å². The zero-order chi connectivity index (χ0) is 9.68. The van der Waals surface area contributed by atoms with E-state index >= 15 is 0 Å². The number of rotatable bonds is 1. The number of amides is 1. The fourth-order valence-electron chi connectivity index (χ4n) is 0.700. The topological polar surface area (TPSA) is 56.0 Å². The molecule has 66 valence electrons. The quantitative estimate of drug-likeness (QED) is 0.501. The van der Waals surface area contributed by atoms with E-state index in [4.69, 9.17) is 5.73 Å². The van der Waals surface area contributed by atoms with E-state index in [1.807, 2.05) is 0 Å². The number of hydrogen-bond acceptors (Lipinski definition) is 2. The first-order valence-electron chi connectivity index (χ1n) is 3.58. The minimum absolute atomic E-state index is 0.0435. The molecule has 0 radical (unpaired) electrons. The molecule has 0 aliphatic rings. The molecule has 0 aliphatic carbocycles. The molecule has 1 aromatic rings. The fourth-order valence-corrected chi connectivity index (χ4v) is 0.700. The lowest BCUT2D eigenvalue weighted by molar-refractivity contribution is -0.117. The van der Waals surface area contributed by atoms with Crippen molar-refractivity contribution >= 4 is 5.91 Å². The zero-order valence-electron chi connectivity index (χ0n) is 6.75. The number of pyridine rings is 1. The van der Waals surface area contributed by atoms with Crippen LogP contribution in [0.1, 0.15) is 12.1 Å². The predicted octanol–water partition coefficient (Wildman–Crippen LogP) is 0.448. The molecule has 0 spiro atoms. The van der Waals surface area contributed by atoms with E-state index in [0.717, 1.165) is 0 Å². The van der Waals surface area contributed by atoms with Gasteiger partial charge in [0.05, 0.1) is 6.42 Å². The number of halogens is 1. The number of carbonyl (C=O) groups excluding carboxylic acids is 1. The van der Waals surface area contributed by atoms with E-state index < -0.39 is 11.9 Å². The molecule has 0 aromatic carbocycles. The summed E-state index contributed by atoms with van der Waals surface area (Å²) in [6.07, 6.45) is -0.0435. The normalized spacial score (nSPS) is 8.69. The van der Waals surface area contributed by atoms with E-state index in [-0.39, 0.29) is 6.42 Å². The van der Waals surface area contributed by atoms with Crippen LogP contribution < -0.4 is 5.73 Å². The maximum Gasteiger partial charge on any atom is 0.229 e. The van der Waals surface area contributed by atoms with Gasteiger partial charge in [0.15, 0.2) is 0 Å². The molecule has 0 saturated carbocycles. The van der Waals surface area contributed by atoms with Crippen LogP contribution in [0.25, 0.3) is 0 Å². The first-order chi connectivity index (χ1) is 6.18. The van der Waals surface area contributed by atoms with E-state index in [0.29, 0.717) is 5.69 Å². The molecule has 1 heterocycles.